The van der Waals surface area contributed by atoms with Crippen LogP contribution in [0.1, 0.15) is 25.7 Å². The van der Waals surface area contributed by atoms with E-state index in [0.29, 0.717) is 13.0 Å². The smallest absolute Gasteiger partial charge is 0.303 e. The van der Waals surface area contributed by atoms with Crippen LogP contribution in [0.2, 0.25) is 0 Å². The quantitative estimate of drug-likeness (QED) is 0.710. The molecule has 1 rings (SSSR count). The van der Waals surface area contributed by atoms with Crippen LogP contribution in [-0.2, 0) is 9.59 Å². The van der Waals surface area contributed by atoms with Gasteiger partial charge in [0, 0.05) is 26.6 Å². The fourth-order valence-electron chi connectivity index (χ4n) is 1.95. The zero-order chi connectivity index (χ0) is 12.0. The number of hydrogen-bond donors (Lipinski definition) is 2. The van der Waals surface area contributed by atoms with E-state index < -0.39 is 5.97 Å². The molecule has 1 amide bonds. The number of hydrogen-bond acceptors (Lipinski definition) is 3. The molecule has 5 nitrogen and oxygen atoms in total. The van der Waals surface area contributed by atoms with E-state index >= 15 is 0 Å². The Morgan fingerprint density at radius 1 is 1.50 bits per heavy atom. The van der Waals surface area contributed by atoms with E-state index in [4.69, 9.17) is 5.11 Å². The first-order chi connectivity index (χ1) is 7.61. The number of rotatable bonds is 5. The number of nitrogens with zero attached hydrogens (tertiary/aromatic N) is 1. The SMILES string of the molecule is CN(CCCC(=O)O)C(=O)[C@@H]1CCCNC1. The third-order valence-electron chi connectivity index (χ3n) is 2.91. The molecule has 16 heavy (non-hydrogen) atoms. The second-order valence-electron chi connectivity index (χ2n) is 4.30. The van der Waals surface area contributed by atoms with Crippen LogP contribution in [-0.4, -0.2) is 48.6 Å². The van der Waals surface area contributed by atoms with Crippen LogP contribution < -0.4 is 5.32 Å². The van der Waals surface area contributed by atoms with Crippen LogP contribution >= 0.6 is 0 Å². The molecule has 0 aromatic carbocycles. The van der Waals surface area contributed by atoms with Crippen molar-refractivity contribution in [3.63, 3.8) is 0 Å². The van der Waals surface area contributed by atoms with Gasteiger partial charge in [-0.3, -0.25) is 9.59 Å². The predicted molar refractivity (Wildman–Crippen MR) is 60.1 cm³/mol. The monoisotopic (exact) mass is 228 g/mol. The molecular weight excluding hydrogens is 208 g/mol. The lowest BCUT2D eigenvalue weighted by Crippen LogP contribution is -2.41. The van der Waals surface area contributed by atoms with Crippen molar-refractivity contribution in [1.29, 1.82) is 0 Å². The zero-order valence-corrected chi connectivity index (χ0v) is 9.74. The molecule has 0 aromatic rings. The Balaban J connectivity index is 2.26. The number of nitrogens with one attached hydrogen (secondary N) is 1. The van der Waals surface area contributed by atoms with Crippen molar-refractivity contribution in [2.24, 2.45) is 5.92 Å². The van der Waals surface area contributed by atoms with E-state index in [-0.39, 0.29) is 18.2 Å². The second-order valence-corrected chi connectivity index (χ2v) is 4.30. The Kier molecular flexibility index (Phi) is 5.25. The van der Waals surface area contributed by atoms with Gasteiger partial charge in [0.1, 0.15) is 0 Å². The Morgan fingerprint density at radius 2 is 2.25 bits per heavy atom. The Bertz CT molecular complexity index is 250. The van der Waals surface area contributed by atoms with Crippen molar-refractivity contribution < 1.29 is 14.7 Å². The summed E-state index contributed by atoms with van der Waals surface area (Å²) >= 11 is 0. The Morgan fingerprint density at radius 3 is 2.81 bits per heavy atom. The highest BCUT2D eigenvalue weighted by Crippen LogP contribution is 2.12. The van der Waals surface area contributed by atoms with Crippen LogP contribution in [0.5, 0.6) is 0 Å². The van der Waals surface area contributed by atoms with Crippen molar-refractivity contribution in [3.05, 3.63) is 0 Å². The molecule has 1 saturated heterocycles. The molecule has 1 heterocycles. The molecule has 0 unspecified atom stereocenters. The summed E-state index contributed by atoms with van der Waals surface area (Å²) in [5.41, 5.74) is 0. The van der Waals surface area contributed by atoms with Gasteiger partial charge >= 0.3 is 5.97 Å². The summed E-state index contributed by atoms with van der Waals surface area (Å²) in [6.07, 6.45) is 2.63. The topological polar surface area (TPSA) is 69.6 Å². The lowest BCUT2D eigenvalue weighted by molar-refractivity contribution is -0.138. The largest absolute Gasteiger partial charge is 0.481 e. The molecular formula is C11H20N2O3. The maximum absolute atomic E-state index is 11.9. The average Bonchev–Trinajstić information content (AvgIpc) is 2.28. The Hall–Kier alpha value is -1.10. The number of amides is 1. The van der Waals surface area contributed by atoms with Gasteiger partial charge in [-0.05, 0) is 25.8 Å². The highest BCUT2D eigenvalue weighted by molar-refractivity contribution is 5.79. The molecule has 2 N–H and O–H groups in total. The van der Waals surface area contributed by atoms with Gasteiger partial charge < -0.3 is 15.3 Å². The zero-order valence-electron chi connectivity index (χ0n) is 9.74. The minimum Gasteiger partial charge on any atom is -0.481 e. The number of piperidine rings is 1. The molecule has 92 valence electrons. The van der Waals surface area contributed by atoms with E-state index in [1.165, 1.54) is 0 Å². The van der Waals surface area contributed by atoms with Gasteiger partial charge in [-0.15, -0.1) is 0 Å². The number of carbonyl (C=O) groups is 2. The molecule has 0 saturated carbocycles. The van der Waals surface area contributed by atoms with Gasteiger partial charge in [-0.1, -0.05) is 0 Å². The van der Waals surface area contributed by atoms with E-state index in [1.807, 2.05) is 0 Å². The fraction of sp³-hybridized carbons (Fsp3) is 0.818. The summed E-state index contributed by atoms with van der Waals surface area (Å²) in [5, 5.41) is 11.7. The van der Waals surface area contributed by atoms with Crippen molar-refractivity contribution >= 4 is 11.9 Å². The highest BCUT2D eigenvalue weighted by atomic mass is 16.4. The van der Waals surface area contributed by atoms with Crippen molar-refractivity contribution in [2.45, 2.75) is 25.7 Å². The number of carboxylic acid groups (broad SMARTS) is 1. The lowest BCUT2D eigenvalue weighted by Gasteiger charge is -2.26. The van der Waals surface area contributed by atoms with E-state index in [9.17, 15) is 9.59 Å². The van der Waals surface area contributed by atoms with Crippen LogP contribution in [0.4, 0.5) is 0 Å². The fourth-order valence-corrected chi connectivity index (χ4v) is 1.95. The first kappa shape index (κ1) is 13.0. The van der Waals surface area contributed by atoms with Crippen LogP contribution in [0.15, 0.2) is 0 Å². The van der Waals surface area contributed by atoms with Gasteiger partial charge in [0.25, 0.3) is 0 Å². The standard InChI is InChI=1S/C11H20N2O3/c1-13(7-3-5-10(14)15)11(16)9-4-2-6-12-8-9/h9,12H,2-8H2,1H3,(H,14,15)/t9-/m1/s1. The normalized spacial score (nSPS) is 20.4. The van der Waals surface area contributed by atoms with Gasteiger partial charge in [-0.2, -0.15) is 0 Å². The summed E-state index contributed by atoms with van der Waals surface area (Å²) in [5.74, 6) is -0.596. The summed E-state index contributed by atoms with van der Waals surface area (Å²) in [7, 11) is 1.75. The average molecular weight is 228 g/mol. The molecule has 1 fully saturated rings. The summed E-state index contributed by atoms with van der Waals surface area (Å²) in [4.78, 5) is 23.9. The van der Waals surface area contributed by atoms with Gasteiger partial charge in [0.2, 0.25) is 5.91 Å². The van der Waals surface area contributed by atoms with E-state index in [0.717, 1.165) is 25.9 Å². The van der Waals surface area contributed by atoms with E-state index in [1.54, 1.807) is 11.9 Å². The maximum atomic E-state index is 11.9. The second kappa shape index (κ2) is 6.48. The van der Waals surface area contributed by atoms with Crippen molar-refractivity contribution in [2.75, 3.05) is 26.7 Å². The minimum absolute atomic E-state index is 0.0728. The first-order valence-corrected chi connectivity index (χ1v) is 5.78. The number of aliphatic carboxylic acids is 1. The molecule has 0 aromatic heterocycles. The van der Waals surface area contributed by atoms with Crippen molar-refractivity contribution in [1.82, 2.24) is 10.2 Å². The molecule has 0 radical (unpaired) electrons. The van der Waals surface area contributed by atoms with Crippen LogP contribution in [0.3, 0.4) is 0 Å². The van der Waals surface area contributed by atoms with Gasteiger partial charge in [-0.25, -0.2) is 0 Å². The molecule has 5 heteroatoms. The lowest BCUT2D eigenvalue weighted by atomic mass is 9.98. The molecule has 0 bridgehead atoms. The molecule has 1 aliphatic rings. The maximum Gasteiger partial charge on any atom is 0.303 e. The van der Waals surface area contributed by atoms with E-state index in [2.05, 4.69) is 5.32 Å². The molecule has 1 aliphatic heterocycles. The molecule has 0 aliphatic carbocycles. The highest BCUT2D eigenvalue weighted by Gasteiger charge is 2.23. The Labute approximate surface area is 95.8 Å². The number of carboxylic acids is 1. The summed E-state index contributed by atoms with van der Waals surface area (Å²) in [6.45, 7) is 2.27. The van der Waals surface area contributed by atoms with Crippen LogP contribution in [0, 0.1) is 5.92 Å². The molecule has 0 spiro atoms. The predicted octanol–water partition coefficient (Wildman–Crippen LogP) is 0.309. The van der Waals surface area contributed by atoms with Crippen LogP contribution in [0.25, 0.3) is 0 Å². The van der Waals surface area contributed by atoms with Crippen molar-refractivity contribution in [3.8, 4) is 0 Å². The first-order valence-electron chi connectivity index (χ1n) is 5.78. The number of carbonyl (C=O) groups excluding carboxylic acids is 1. The minimum atomic E-state index is -0.805. The third-order valence-corrected chi connectivity index (χ3v) is 2.91. The third kappa shape index (κ3) is 4.18. The molecule has 1 atom stereocenters. The summed E-state index contributed by atoms with van der Waals surface area (Å²) in [6, 6.07) is 0. The van der Waals surface area contributed by atoms with Gasteiger partial charge in [0.05, 0.1) is 5.92 Å². The van der Waals surface area contributed by atoms with Gasteiger partial charge in [0.15, 0.2) is 0 Å². The summed E-state index contributed by atoms with van der Waals surface area (Å²) < 4.78 is 0.